The second-order valence-corrected chi connectivity index (χ2v) is 8.84. The molecule has 0 radical (unpaired) electrons. The smallest absolute Gasteiger partial charge is 0.224 e. The highest BCUT2D eigenvalue weighted by atomic mass is 33.1. The van der Waals surface area contributed by atoms with E-state index >= 15 is 0 Å². The molecule has 3 nitrogen and oxygen atoms in total. The maximum atomic E-state index is 12.3. The average molecular weight is 307 g/mol. The lowest BCUT2D eigenvalue weighted by atomic mass is 10.3. The second kappa shape index (κ2) is 4.96. The van der Waals surface area contributed by atoms with Crippen molar-refractivity contribution < 1.29 is 8.42 Å². The van der Waals surface area contributed by atoms with E-state index in [1.165, 1.54) is 11.3 Å². The monoisotopic (exact) mass is 307 g/mol. The largest absolute Gasteiger partial charge is 0.261 e. The van der Waals surface area contributed by atoms with Gasteiger partial charge in [0.1, 0.15) is 0 Å². The zero-order valence-electron chi connectivity index (χ0n) is 9.68. The fourth-order valence-electron chi connectivity index (χ4n) is 1.60. The molecule has 3 aromatic rings. The Bertz CT molecular complexity index is 777. The summed E-state index contributed by atoms with van der Waals surface area (Å²) >= 11 is 1.20. The molecule has 0 fully saturated rings. The zero-order chi connectivity index (χ0) is 13.3. The lowest BCUT2D eigenvalue weighted by molar-refractivity contribution is 0.610. The van der Waals surface area contributed by atoms with Gasteiger partial charge >= 0.3 is 0 Å². The Kier molecular flexibility index (Phi) is 3.30. The molecule has 0 unspecified atom stereocenters. The highest BCUT2D eigenvalue weighted by Gasteiger charge is 2.21. The molecule has 0 saturated heterocycles. The van der Waals surface area contributed by atoms with Gasteiger partial charge in [0.25, 0.3) is 8.87 Å². The molecular formula is C13H9NO2S3. The summed E-state index contributed by atoms with van der Waals surface area (Å²) in [5, 5.41) is 0. The SMILES string of the molecule is O=S(=O)(Sc1ccccc1)c1nc2ccccc2s1. The molecule has 0 atom stereocenters. The molecule has 0 aliphatic heterocycles. The first-order chi connectivity index (χ1) is 9.15. The van der Waals surface area contributed by atoms with E-state index in [1.807, 2.05) is 42.5 Å². The van der Waals surface area contributed by atoms with Gasteiger partial charge in [-0.15, -0.1) is 11.3 Å². The Balaban J connectivity index is 2.00. The van der Waals surface area contributed by atoms with Crippen LogP contribution in [0, 0.1) is 0 Å². The van der Waals surface area contributed by atoms with Gasteiger partial charge in [0.05, 0.1) is 10.2 Å². The minimum atomic E-state index is -3.45. The topological polar surface area (TPSA) is 47.0 Å². The van der Waals surface area contributed by atoms with Gasteiger partial charge in [-0.1, -0.05) is 30.3 Å². The summed E-state index contributed by atoms with van der Waals surface area (Å²) in [6.07, 6.45) is 0. The Labute approximate surface area is 118 Å². The zero-order valence-corrected chi connectivity index (χ0v) is 12.1. The van der Waals surface area contributed by atoms with Gasteiger partial charge in [-0.25, -0.2) is 13.4 Å². The van der Waals surface area contributed by atoms with Gasteiger partial charge in [0, 0.05) is 15.7 Å². The van der Waals surface area contributed by atoms with E-state index in [0.717, 1.165) is 21.0 Å². The second-order valence-electron chi connectivity index (χ2n) is 3.80. The molecule has 0 saturated carbocycles. The van der Waals surface area contributed by atoms with E-state index in [-0.39, 0.29) is 4.34 Å². The Morgan fingerprint density at radius 3 is 2.37 bits per heavy atom. The van der Waals surface area contributed by atoms with Crippen LogP contribution in [0.15, 0.2) is 63.8 Å². The number of benzene rings is 2. The maximum Gasteiger partial charge on any atom is 0.261 e. The molecule has 2 aromatic carbocycles. The summed E-state index contributed by atoms with van der Waals surface area (Å²) in [6, 6.07) is 16.5. The lowest BCUT2D eigenvalue weighted by Gasteiger charge is -1.99. The summed E-state index contributed by atoms with van der Waals surface area (Å²) < 4.78 is 25.6. The molecule has 3 rings (SSSR count). The van der Waals surface area contributed by atoms with Gasteiger partial charge in [-0.05, 0) is 24.3 Å². The van der Waals surface area contributed by atoms with Crippen LogP contribution in [0.2, 0.25) is 0 Å². The number of nitrogens with zero attached hydrogens (tertiary/aromatic N) is 1. The van der Waals surface area contributed by atoms with Crippen LogP contribution >= 0.6 is 22.1 Å². The number of aromatic nitrogens is 1. The summed E-state index contributed by atoms with van der Waals surface area (Å²) in [4.78, 5) is 4.89. The van der Waals surface area contributed by atoms with Crippen LogP contribution in [0.3, 0.4) is 0 Å². The van der Waals surface area contributed by atoms with E-state index in [9.17, 15) is 8.42 Å². The van der Waals surface area contributed by atoms with E-state index < -0.39 is 8.87 Å². The molecule has 1 aromatic heterocycles. The van der Waals surface area contributed by atoms with E-state index in [1.54, 1.807) is 12.1 Å². The fraction of sp³-hybridized carbons (Fsp3) is 0. The van der Waals surface area contributed by atoms with Gasteiger partial charge in [-0.2, -0.15) is 0 Å². The number of hydrogen-bond donors (Lipinski definition) is 0. The first kappa shape index (κ1) is 12.7. The van der Waals surface area contributed by atoms with Crippen molar-refractivity contribution in [2.45, 2.75) is 9.24 Å². The number of hydrogen-bond acceptors (Lipinski definition) is 5. The third-order valence-corrected chi connectivity index (χ3v) is 7.41. The molecule has 0 aliphatic carbocycles. The van der Waals surface area contributed by atoms with Gasteiger partial charge in [0.2, 0.25) is 4.34 Å². The summed E-state index contributed by atoms with van der Waals surface area (Å²) in [5.41, 5.74) is 0.722. The van der Waals surface area contributed by atoms with Crippen molar-refractivity contribution in [3.05, 3.63) is 54.6 Å². The highest BCUT2D eigenvalue weighted by Crippen LogP contribution is 2.34. The number of rotatable bonds is 3. The lowest BCUT2D eigenvalue weighted by Crippen LogP contribution is -1.93. The first-order valence-electron chi connectivity index (χ1n) is 5.50. The highest BCUT2D eigenvalue weighted by molar-refractivity contribution is 8.72. The van der Waals surface area contributed by atoms with Gasteiger partial charge in [-0.3, -0.25) is 0 Å². The normalized spacial score (nSPS) is 11.8. The predicted octanol–water partition coefficient (Wildman–Crippen LogP) is 3.78. The van der Waals surface area contributed by atoms with Crippen molar-refractivity contribution in [3.8, 4) is 0 Å². The van der Waals surface area contributed by atoms with Crippen molar-refractivity contribution in [1.82, 2.24) is 4.98 Å². The Hall–Kier alpha value is -1.37. The minimum Gasteiger partial charge on any atom is -0.224 e. The van der Waals surface area contributed by atoms with Gasteiger partial charge < -0.3 is 0 Å². The average Bonchev–Trinajstić information content (AvgIpc) is 2.84. The van der Waals surface area contributed by atoms with Crippen molar-refractivity contribution in [3.63, 3.8) is 0 Å². The van der Waals surface area contributed by atoms with Crippen molar-refractivity contribution in [1.29, 1.82) is 0 Å². The van der Waals surface area contributed by atoms with Crippen LogP contribution in [0.4, 0.5) is 0 Å². The predicted molar refractivity (Wildman–Crippen MR) is 79.1 cm³/mol. The van der Waals surface area contributed by atoms with Crippen molar-refractivity contribution in [2.24, 2.45) is 0 Å². The van der Waals surface area contributed by atoms with Crippen LogP contribution < -0.4 is 0 Å². The van der Waals surface area contributed by atoms with Crippen LogP contribution in [0.25, 0.3) is 10.2 Å². The minimum absolute atomic E-state index is 0.155. The molecule has 0 spiro atoms. The number of para-hydroxylation sites is 1. The van der Waals surface area contributed by atoms with E-state index in [4.69, 9.17) is 0 Å². The fourth-order valence-corrected chi connectivity index (χ4v) is 5.81. The third-order valence-electron chi connectivity index (χ3n) is 2.44. The number of fused-ring (bicyclic) bond motifs is 1. The van der Waals surface area contributed by atoms with Crippen molar-refractivity contribution in [2.75, 3.05) is 0 Å². The van der Waals surface area contributed by atoms with Crippen LogP contribution in [-0.4, -0.2) is 13.4 Å². The molecule has 0 N–H and O–H groups in total. The summed E-state index contributed by atoms with van der Waals surface area (Å²) in [5.74, 6) is 0. The molecule has 0 aliphatic rings. The maximum absolute atomic E-state index is 12.3. The number of thiazole rings is 1. The standard InChI is InChI=1S/C13H9NO2S3/c15-19(16,18-10-6-2-1-3-7-10)13-14-11-8-4-5-9-12(11)17-13/h1-9H. The quantitative estimate of drug-likeness (QED) is 0.691. The molecule has 0 bridgehead atoms. The van der Waals surface area contributed by atoms with Crippen molar-refractivity contribution >= 4 is 41.2 Å². The van der Waals surface area contributed by atoms with Gasteiger partial charge in [0.15, 0.2) is 0 Å². The molecule has 96 valence electrons. The Morgan fingerprint density at radius 2 is 1.63 bits per heavy atom. The molecule has 6 heteroatoms. The van der Waals surface area contributed by atoms with E-state index in [2.05, 4.69) is 4.98 Å². The van der Waals surface area contributed by atoms with Crippen LogP contribution in [0.5, 0.6) is 0 Å². The third kappa shape index (κ3) is 2.65. The molecule has 1 heterocycles. The molecule has 19 heavy (non-hydrogen) atoms. The van der Waals surface area contributed by atoms with Crippen LogP contribution in [-0.2, 0) is 8.87 Å². The Morgan fingerprint density at radius 1 is 0.947 bits per heavy atom. The summed E-state index contributed by atoms with van der Waals surface area (Å²) in [6.45, 7) is 0. The van der Waals surface area contributed by atoms with Crippen LogP contribution in [0.1, 0.15) is 0 Å². The molecular weight excluding hydrogens is 298 g/mol. The molecule has 0 amide bonds. The first-order valence-corrected chi connectivity index (χ1v) is 9.13. The van der Waals surface area contributed by atoms with E-state index in [0.29, 0.717) is 4.90 Å². The summed E-state index contributed by atoms with van der Waals surface area (Å²) in [7, 11) is -2.62.